The van der Waals surface area contributed by atoms with Gasteiger partial charge in [0.25, 0.3) is 0 Å². The van der Waals surface area contributed by atoms with E-state index in [0.717, 1.165) is 6.07 Å². The molecular weight excluding hydrogens is 223 g/mol. The van der Waals surface area contributed by atoms with Gasteiger partial charge in [0, 0.05) is 11.3 Å². The normalized spacial score (nSPS) is 11.4. The second-order valence-electron chi connectivity index (χ2n) is 3.52. The zero-order chi connectivity index (χ0) is 13.0. The Labute approximate surface area is 98.3 Å². The van der Waals surface area contributed by atoms with Crippen molar-refractivity contribution in [2.24, 2.45) is 4.99 Å². The Balaban J connectivity index is 3.28. The number of amidine groups is 1. The Morgan fingerprint density at radius 2 is 2.18 bits per heavy atom. The van der Waals surface area contributed by atoms with Gasteiger partial charge in [-0.15, -0.1) is 0 Å². The monoisotopic (exact) mass is 236 g/mol. The maximum absolute atomic E-state index is 13.4. The van der Waals surface area contributed by atoms with Gasteiger partial charge < -0.3 is 5.11 Å². The molecule has 0 amide bonds. The number of carboxylic acid groups (broad SMARTS) is 1. The first-order valence-corrected chi connectivity index (χ1v) is 5.12. The zero-order valence-corrected chi connectivity index (χ0v) is 9.62. The number of carboxylic acids is 1. The fourth-order valence-electron chi connectivity index (χ4n) is 1.27. The Hall–Kier alpha value is -2.04. The summed E-state index contributed by atoms with van der Waals surface area (Å²) in [5.41, 5.74) is 0.172. The minimum Gasteiger partial charge on any atom is -0.478 e. The third kappa shape index (κ3) is 2.96. The molecule has 0 radical (unpaired) electrons. The van der Waals surface area contributed by atoms with Crippen molar-refractivity contribution in [2.75, 3.05) is 0 Å². The fraction of sp³-hybridized carbons (Fsp3) is 0.250. The first kappa shape index (κ1) is 13.0. The van der Waals surface area contributed by atoms with Crippen LogP contribution >= 0.6 is 0 Å². The molecule has 0 saturated heterocycles. The summed E-state index contributed by atoms with van der Waals surface area (Å²) in [5.74, 6) is -2.49. The first-order chi connectivity index (χ1) is 7.97. The number of hydrogen-bond acceptors (Lipinski definition) is 2. The average molecular weight is 236 g/mol. The van der Waals surface area contributed by atoms with E-state index in [4.69, 9.17) is 10.5 Å². The molecule has 0 aliphatic rings. The van der Waals surface area contributed by atoms with Gasteiger partial charge in [-0.25, -0.2) is 14.2 Å². The van der Waals surface area contributed by atoms with Crippen LogP contribution in [0.4, 0.5) is 4.39 Å². The molecule has 0 heterocycles. The molecule has 2 N–H and O–H groups in total. The molecule has 0 fully saturated rings. The van der Waals surface area contributed by atoms with Gasteiger partial charge in [-0.3, -0.25) is 5.41 Å². The largest absolute Gasteiger partial charge is 0.478 e. The van der Waals surface area contributed by atoms with E-state index >= 15 is 0 Å². The van der Waals surface area contributed by atoms with Crippen molar-refractivity contribution in [1.82, 2.24) is 0 Å². The van der Waals surface area contributed by atoms with Gasteiger partial charge in [0.1, 0.15) is 11.4 Å². The maximum Gasteiger partial charge on any atom is 0.339 e. The number of halogens is 1. The molecule has 0 aromatic heterocycles. The Bertz CT molecular complexity index is 495. The van der Waals surface area contributed by atoms with E-state index in [-0.39, 0.29) is 11.4 Å². The van der Waals surface area contributed by atoms with E-state index in [1.165, 1.54) is 12.1 Å². The molecule has 17 heavy (non-hydrogen) atoms. The van der Waals surface area contributed by atoms with Crippen LogP contribution in [0.25, 0.3) is 0 Å². The summed E-state index contributed by atoms with van der Waals surface area (Å²) in [7, 11) is 0. The standard InChI is InChI=1S/C12H13FN2O2/c1-3-7(2)15-11(14)8-5-4-6-9(13)10(8)12(16)17/h4-6,14H,3H2,1-2H3,(H,16,17)/b14-11?,15-7-. The highest BCUT2D eigenvalue weighted by Crippen LogP contribution is 2.15. The van der Waals surface area contributed by atoms with Gasteiger partial charge in [0.05, 0.1) is 0 Å². The summed E-state index contributed by atoms with van der Waals surface area (Å²) in [6.45, 7) is 3.60. The van der Waals surface area contributed by atoms with Crippen molar-refractivity contribution >= 4 is 17.5 Å². The van der Waals surface area contributed by atoms with E-state index in [1.54, 1.807) is 6.92 Å². The Morgan fingerprint density at radius 1 is 1.53 bits per heavy atom. The Morgan fingerprint density at radius 3 is 2.71 bits per heavy atom. The van der Waals surface area contributed by atoms with Gasteiger partial charge in [0.2, 0.25) is 0 Å². The number of aliphatic imine (C=N–C) groups is 1. The molecule has 0 bridgehead atoms. The van der Waals surface area contributed by atoms with Crippen LogP contribution in [0.5, 0.6) is 0 Å². The van der Waals surface area contributed by atoms with Crippen LogP contribution in [-0.2, 0) is 0 Å². The van der Waals surface area contributed by atoms with Gasteiger partial charge in [-0.2, -0.15) is 0 Å². The highest BCUT2D eigenvalue weighted by atomic mass is 19.1. The van der Waals surface area contributed by atoms with Crippen LogP contribution in [0.15, 0.2) is 23.2 Å². The van der Waals surface area contributed by atoms with Crippen molar-refractivity contribution in [3.05, 3.63) is 35.1 Å². The number of carbonyl (C=O) groups is 1. The summed E-state index contributed by atoms with van der Waals surface area (Å²) < 4.78 is 13.4. The van der Waals surface area contributed by atoms with Crippen LogP contribution in [0.3, 0.4) is 0 Å². The van der Waals surface area contributed by atoms with E-state index in [9.17, 15) is 9.18 Å². The second-order valence-corrected chi connectivity index (χ2v) is 3.52. The topological polar surface area (TPSA) is 73.5 Å². The minimum absolute atomic E-state index is 0.00898. The van der Waals surface area contributed by atoms with Gasteiger partial charge >= 0.3 is 5.97 Å². The molecule has 1 aromatic rings. The molecule has 0 atom stereocenters. The number of rotatable bonds is 3. The Kier molecular flexibility index (Phi) is 4.09. The van der Waals surface area contributed by atoms with Crippen LogP contribution in [-0.4, -0.2) is 22.6 Å². The van der Waals surface area contributed by atoms with Crippen molar-refractivity contribution in [2.45, 2.75) is 20.3 Å². The van der Waals surface area contributed by atoms with Crippen molar-refractivity contribution in [1.29, 1.82) is 5.41 Å². The van der Waals surface area contributed by atoms with E-state index in [1.807, 2.05) is 6.92 Å². The molecule has 5 heteroatoms. The molecule has 4 nitrogen and oxygen atoms in total. The number of nitrogens with zero attached hydrogens (tertiary/aromatic N) is 1. The summed E-state index contributed by atoms with van der Waals surface area (Å²) in [6.07, 6.45) is 0.653. The number of benzene rings is 1. The van der Waals surface area contributed by atoms with Crippen molar-refractivity contribution < 1.29 is 14.3 Å². The summed E-state index contributed by atoms with van der Waals surface area (Å²) in [4.78, 5) is 14.8. The van der Waals surface area contributed by atoms with Crippen LogP contribution in [0.1, 0.15) is 36.2 Å². The second kappa shape index (κ2) is 5.34. The number of hydrogen-bond donors (Lipinski definition) is 2. The first-order valence-electron chi connectivity index (χ1n) is 5.12. The molecule has 90 valence electrons. The van der Waals surface area contributed by atoms with E-state index < -0.39 is 17.3 Å². The molecule has 0 aliphatic carbocycles. The fourth-order valence-corrected chi connectivity index (χ4v) is 1.27. The molecular formula is C12H13FN2O2. The number of nitrogens with one attached hydrogen (secondary N) is 1. The van der Waals surface area contributed by atoms with Crippen molar-refractivity contribution in [3.8, 4) is 0 Å². The molecule has 1 aromatic carbocycles. The maximum atomic E-state index is 13.4. The lowest BCUT2D eigenvalue weighted by atomic mass is 10.1. The molecule has 0 unspecified atom stereocenters. The predicted octanol–water partition coefficient (Wildman–Crippen LogP) is 2.72. The minimum atomic E-state index is -1.40. The average Bonchev–Trinajstić information content (AvgIpc) is 2.27. The number of aromatic carboxylic acids is 1. The molecule has 1 rings (SSSR count). The molecule has 0 spiro atoms. The lowest BCUT2D eigenvalue weighted by Crippen LogP contribution is -2.10. The quantitative estimate of drug-likeness (QED) is 0.625. The van der Waals surface area contributed by atoms with Gasteiger partial charge in [-0.05, 0) is 19.4 Å². The lowest BCUT2D eigenvalue weighted by Gasteiger charge is -2.05. The van der Waals surface area contributed by atoms with Crippen LogP contribution in [0, 0.1) is 11.2 Å². The van der Waals surface area contributed by atoms with Crippen LogP contribution in [0.2, 0.25) is 0 Å². The molecule has 0 aliphatic heterocycles. The lowest BCUT2D eigenvalue weighted by molar-refractivity contribution is 0.0691. The van der Waals surface area contributed by atoms with Crippen molar-refractivity contribution in [3.63, 3.8) is 0 Å². The highest BCUT2D eigenvalue weighted by Gasteiger charge is 2.18. The highest BCUT2D eigenvalue weighted by molar-refractivity contribution is 6.10. The third-order valence-corrected chi connectivity index (χ3v) is 2.30. The summed E-state index contributed by atoms with van der Waals surface area (Å²) in [5, 5.41) is 16.6. The van der Waals surface area contributed by atoms with Crippen LogP contribution < -0.4 is 0 Å². The smallest absolute Gasteiger partial charge is 0.339 e. The van der Waals surface area contributed by atoms with Gasteiger partial charge in [0.15, 0.2) is 5.84 Å². The SMILES string of the molecule is CC/C(C)=N\C(=N)c1cccc(F)c1C(=O)O. The zero-order valence-electron chi connectivity index (χ0n) is 9.62. The summed E-state index contributed by atoms with van der Waals surface area (Å²) >= 11 is 0. The van der Waals surface area contributed by atoms with E-state index in [2.05, 4.69) is 4.99 Å². The third-order valence-electron chi connectivity index (χ3n) is 2.30. The summed E-state index contributed by atoms with van der Waals surface area (Å²) in [6, 6.07) is 3.79. The van der Waals surface area contributed by atoms with Gasteiger partial charge in [-0.1, -0.05) is 19.1 Å². The molecule has 0 saturated carbocycles. The predicted molar refractivity (Wildman–Crippen MR) is 63.6 cm³/mol. The van der Waals surface area contributed by atoms with E-state index in [0.29, 0.717) is 12.1 Å².